The molecule has 0 fully saturated rings. The summed E-state index contributed by atoms with van der Waals surface area (Å²) in [6.07, 6.45) is 4.99. The van der Waals surface area contributed by atoms with Gasteiger partial charge in [-0.05, 0) is 49.4 Å². The SMILES string of the molecule is Cc1nc2c(NC(=O)N(C)C3CCCc4ccccc43)cccn2n1. The third-order valence-corrected chi connectivity index (χ3v) is 4.84. The lowest BCUT2D eigenvalue weighted by molar-refractivity contribution is 0.197. The molecule has 0 radical (unpaired) electrons. The summed E-state index contributed by atoms with van der Waals surface area (Å²) in [5, 5.41) is 7.28. The topological polar surface area (TPSA) is 62.5 Å². The van der Waals surface area contributed by atoms with Crippen LogP contribution in [0.3, 0.4) is 0 Å². The molecule has 6 heteroatoms. The smallest absolute Gasteiger partial charge is 0.321 e. The van der Waals surface area contributed by atoms with Crippen LogP contribution in [0.15, 0.2) is 42.6 Å². The fourth-order valence-electron chi connectivity index (χ4n) is 3.59. The summed E-state index contributed by atoms with van der Waals surface area (Å²) in [5.41, 5.74) is 3.92. The molecule has 4 rings (SSSR count). The normalized spacial score (nSPS) is 16.5. The first-order valence-corrected chi connectivity index (χ1v) is 8.57. The molecule has 1 aliphatic carbocycles. The quantitative estimate of drug-likeness (QED) is 0.778. The first kappa shape index (κ1) is 15.6. The van der Waals surface area contributed by atoms with Crippen molar-refractivity contribution in [2.45, 2.75) is 32.2 Å². The molecule has 0 bridgehead atoms. The number of rotatable bonds is 2. The van der Waals surface area contributed by atoms with Gasteiger partial charge in [-0.1, -0.05) is 24.3 Å². The number of hydrogen-bond acceptors (Lipinski definition) is 3. The van der Waals surface area contributed by atoms with E-state index in [1.807, 2.05) is 38.4 Å². The van der Waals surface area contributed by atoms with Gasteiger partial charge in [0.1, 0.15) is 5.82 Å². The van der Waals surface area contributed by atoms with Crippen LogP contribution >= 0.6 is 0 Å². The minimum Gasteiger partial charge on any atom is -0.321 e. The van der Waals surface area contributed by atoms with Crippen LogP contribution in [0.25, 0.3) is 5.65 Å². The summed E-state index contributed by atoms with van der Waals surface area (Å²) in [7, 11) is 1.86. The second-order valence-corrected chi connectivity index (χ2v) is 6.50. The van der Waals surface area contributed by atoms with Crippen molar-refractivity contribution < 1.29 is 4.79 Å². The minimum atomic E-state index is -0.129. The van der Waals surface area contributed by atoms with Crippen LogP contribution in [0.4, 0.5) is 10.5 Å². The standard InChI is InChI=1S/C19H21N5O/c1-13-20-18-16(10-6-12-24(18)22-13)21-19(25)23(2)17-11-5-8-14-7-3-4-9-15(14)17/h3-4,6-7,9-10,12,17H,5,8,11H2,1-2H3,(H,21,25). The molecule has 2 aromatic heterocycles. The van der Waals surface area contributed by atoms with Gasteiger partial charge in [0.05, 0.1) is 11.7 Å². The molecule has 1 atom stereocenters. The van der Waals surface area contributed by atoms with Crippen molar-refractivity contribution in [2.24, 2.45) is 0 Å². The van der Waals surface area contributed by atoms with Crippen LogP contribution in [-0.2, 0) is 6.42 Å². The Labute approximate surface area is 146 Å². The molecule has 128 valence electrons. The van der Waals surface area contributed by atoms with E-state index in [9.17, 15) is 4.79 Å². The molecule has 3 aromatic rings. The molecule has 2 heterocycles. The zero-order valence-electron chi connectivity index (χ0n) is 14.4. The number of nitrogens with zero attached hydrogens (tertiary/aromatic N) is 4. The van der Waals surface area contributed by atoms with E-state index in [1.165, 1.54) is 11.1 Å². The van der Waals surface area contributed by atoms with Crippen LogP contribution in [-0.4, -0.2) is 32.6 Å². The maximum absolute atomic E-state index is 12.8. The van der Waals surface area contributed by atoms with Gasteiger partial charge in [0.15, 0.2) is 5.65 Å². The molecule has 1 N–H and O–H groups in total. The van der Waals surface area contributed by atoms with Crippen LogP contribution in [0.5, 0.6) is 0 Å². The van der Waals surface area contributed by atoms with Crippen LogP contribution in [0.1, 0.15) is 35.8 Å². The molecule has 2 amide bonds. The molecule has 0 saturated carbocycles. The Morgan fingerprint density at radius 1 is 1.28 bits per heavy atom. The van der Waals surface area contributed by atoms with Crippen molar-refractivity contribution in [1.29, 1.82) is 0 Å². The number of fused-ring (bicyclic) bond motifs is 2. The highest BCUT2D eigenvalue weighted by Crippen LogP contribution is 2.33. The van der Waals surface area contributed by atoms with Crippen molar-refractivity contribution in [2.75, 3.05) is 12.4 Å². The van der Waals surface area contributed by atoms with Crippen molar-refractivity contribution in [1.82, 2.24) is 19.5 Å². The Morgan fingerprint density at radius 3 is 3.00 bits per heavy atom. The fourth-order valence-corrected chi connectivity index (χ4v) is 3.59. The number of urea groups is 1. The fraction of sp³-hybridized carbons (Fsp3) is 0.316. The molecule has 1 aliphatic rings. The summed E-state index contributed by atoms with van der Waals surface area (Å²) in [4.78, 5) is 19.0. The van der Waals surface area contributed by atoms with Gasteiger partial charge < -0.3 is 10.2 Å². The number of benzene rings is 1. The van der Waals surface area contributed by atoms with Crippen molar-refractivity contribution in [3.8, 4) is 0 Å². The number of carbonyl (C=O) groups is 1. The van der Waals surface area contributed by atoms with E-state index in [2.05, 4.69) is 33.6 Å². The maximum Gasteiger partial charge on any atom is 0.322 e. The Hall–Kier alpha value is -2.89. The van der Waals surface area contributed by atoms with E-state index < -0.39 is 0 Å². The number of carbonyl (C=O) groups excluding carboxylic acids is 1. The van der Waals surface area contributed by atoms with Crippen molar-refractivity contribution in [3.05, 3.63) is 59.5 Å². The Kier molecular flexibility index (Phi) is 3.87. The maximum atomic E-state index is 12.8. The predicted octanol–water partition coefficient (Wildman–Crippen LogP) is 3.58. The van der Waals surface area contributed by atoms with Crippen molar-refractivity contribution in [3.63, 3.8) is 0 Å². The molecule has 0 spiro atoms. The van der Waals surface area contributed by atoms with Gasteiger partial charge in [-0.2, -0.15) is 5.10 Å². The highest BCUT2D eigenvalue weighted by atomic mass is 16.2. The average Bonchev–Trinajstić information content (AvgIpc) is 3.02. The molecule has 0 aliphatic heterocycles. The zero-order valence-corrected chi connectivity index (χ0v) is 14.4. The molecule has 1 aromatic carbocycles. The predicted molar refractivity (Wildman–Crippen MR) is 96.6 cm³/mol. The largest absolute Gasteiger partial charge is 0.322 e. The first-order valence-electron chi connectivity index (χ1n) is 8.57. The van der Waals surface area contributed by atoms with Gasteiger partial charge in [0.2, 0.25) is 0 Å². The monoisotopic (exact) mass is 335 g/mol. The van der Waals surface area contributed by atoms with Gasteiger partial charge >= 0.3 is 6.03 Å². The number of amides is 2. The number of hydrogen-bond donors (Lipinski definition) is 1. The Balaban J connectivity index is 1.59. The molecular weight excluding hydrogens is 314 g/mol. The average molecular weight is 335 g/mol. The van der Waals surface area contributed by atoms with Gasteiger partial charge in [-0.15, -0.1) is 0 Å². The molecule has 1 unspecified atom stereocenters. The van der Waals surface area contributed by atoms with E-state index in [-0.39, 0.29) is 12.1 Å². The van der Waals surface area contributed by atoms with Gasteiger partial charge in [0, 0.05) is 13.2 Å². The van der Waals surface area contributed by atoms with E-state index in [0.717, 1.165) is 19.3 Å². The summed E-state index contributed by atoms with van der Waals surface area (Å²) < 4.78 is 1.68. The lowest BCUT2D eigenvalue weighted by atomic mass is 9.87. The first-order chi connectivity index (χ1) is 12.1. The summed E-state index contributed by atoms with van der Waals surface area (Å²) >= 11 is 0. The van der Waals surface area contributed by atoms with Gasteiger partial charge in [-0.25, -0.2) is 14.3 Å². The second-order valence-electron chi connectivity index (χ2n) is 6.50. The minimum absolute atomic E-state index is 0.101. The third kappa shape index (κ3) is 2.84. The summed E-state index contributed by atoms with van der Waals surface area (Å²) in [6, 6.07) is 12.1. The Morgan fingerprint density at radius 2 is 2.12 bits per heavy atom. The second kappa shape index (κ2) is 6.20. The lowest BCUT2D eigenvalue weighted by Gasteiger charge is -2.33. The number of pyridine rings is 1. The third-order valence-electron chi connectivity index (χ3n) is 4.84. The van der Waals surface area contributed by atoms with E-state index in [1.54, 1.807) is 9.42 Å². The molecule has 0 saturated heterocycles. The highest BCUT2D eigenvalue weighted by molar-refractivity contribution is 5.93. The number of nitrogens with one attached hydrogen (secondary N) is 1. The number of anilines is 1. The van der Waals surface area contributed by atoms with Crippen LogP contribution in [0.2, 0.25) is 0 Å². The van der Waals surface area contributed by atoms with Gasteiger partial charge in [0.25, 0.3) is 0 Å². The van der Waals surface area contributed by atoms with Crippen LogP contribution in [0, 0.1) is 6.92 Å². The van der Waals surface area contributed by atoms with Gasteiger partial charge in [-0.3, -0.25) is 0 Å². The van der Waals surface area contributed by atoms with E-state index in [4.69, 9.17) is 0 Å². The number of aromatic nitrogens is 3. The molecule has 25 heavy (non-hydrogen) atoms. The van der Waals surface area contributed by atoms with E-state index in [0.29, 0.717) is 17.2 Å². The van der Waals surface area contributed by atoms with Crippen molar-refractivity contribution >= 4 is 17.4 Å². The molecular formula is C19H21N5O. The Bertz CT molecular complexity index is 932. The zero-order chi connectivity index (χ0) is 17.4. The van der Waals surface area contributed by atoms with E-state index >= 15 is 0 Å². The summed E-state index contributed by atoms with van der Waals surface area (Å²) in [5.74, 6) is 0.677. The number of aryl methyl sites for hydroxylation is 2. The highest BCUT2D eigenvalue weighted by Gasteiger charge is 2.26. The van der Waals surface area contributed by atoms with Crippen LogP contribution < -0.4 is 5.32 Å². The summed E-state index contributed by atoms with van der Waals surface area (Å²) in [6.45, 7) is 1.84. The lowest BCUT2D eigenvalue weighted by Crippen LogP contribution is -2.36. The molecule has 6 nitrogen and oxygen atoms in total.